The predicted octanol–water partition coefficient (Wildman–Crippen LogP) is 4.23. The summed E-state index contributed by atoms with van der Waals surface area (Å²) >= 11 is 0. The van der Waals surface area contributed by atoms with Crippen LogP contribution in [-0.2, 0) is 0 Å². The van der Waals surface area contributed by atoms with Crippen molar-refractivity contribution in [1.82, 2.24) is 5.32 Å². The monoisotopic (exact) mass is 237 g/mol. The minimum Gasteiger partial charge on any atom is -0.311 e. The standard InChI is InChI=1S/C16H31N/c1-5-14-8-9-15(13(14)4)17-16-10-11(2)6-7-12(16)3/h11-17H,5-10H2,1-4H3. The Bertz CT molecular complexity index is 238. The van der Waals surface area contributed by atoms with Crippen molar-refractivity contribution < 1.29 is 0 Å². The van der Waals surface area contributed by atoms with E-state index in [-0.39, 0.29) is 0 Å². The first-order valence-corrected chi connectivity index (χ1v) is 7.87. The Labute approximate surface area is 108 Å². The van der Waals surface area contributed by atoms with Gasteiger partial charge in [0, 0.05) is 12.1 Å². The van der Waals surface area contributed by atoms with E-state index in [1.807, 2.05) is 0 Å². The van der Waals surface area contributed by atoms with E-state index in [1.165, 1.54) is 38.5 Å². The zero-order chi connectivity index (χ0) is 12.4. The van der Waals surface area contributed by atoms with Crippen molar-refractivity contribution >= 4 is 0 Å². The minimum atomic E-state index is 0.793. The van der Waals surface area contributed by atoms with Crippen LogP contribution in [0.2, 0.25) is 0 Å². The summed E-state index contributed by atoms with van der Waals surface area (Å²) in [6.45, 7) is 9.69. The van der Waals surface area contributed by atoms with Gasteiger partial charge in [0.25, 0.3) is 0 Å². The average Bonchev–Trinajstić information content (AvgIpc) is 2.65. The van der Waals surface area contributed by atoms with Gasteiger partial charge in [-0.1, -0.05) is 40.5 Å². The molecule has 1 N–H and O–H groups in total. The molecule has 2 rings (SSSR count). The second kappa shape index (κ2) is 5.73. The molecule has 0 bridgehead atoms. The Kier molecular flexibility index (Phi) is 4.52. The third-order valence-electron chi connectivity index (χ3n) is 5.64. The second-order valence-electron chi connectivity index (χ2n) is 6.88. The highest BCUT2D eigenvalue weighted by Gasteiger charge is 2.35. The fraction of sp³-hybridized carbons (Fsp3) is 1.00. The molecule has 0 aromatic heterocycles. The summed E-state index contributed by atoms with van der Waals surface area (Å²) in [6, 6.07) is 1.60. The predicted molar refractivity (Wildman–Crippen MR) is 75.1 cm³/mol. The van der Waals surface area contributed by atoms with Crippen molar-refractivity contribution in [3.8, 4) is 0 Å². The van der Waals surface area contributed by atoms with E-state index in [4.69, 9.17) is 0 Å². The van der Waals surface area contributed by atoms with E-state index in [0.29, 0.717) is 0 Å². The Morgan fingerprint density at radius 3 is 2.35 bits per heavy atom. The molecule has 0 spiro atoms. The summed E-state index contributed by atoms with van der Waals surface area (Å²) in [4.78, 5) is 0. The van der Waals surface area contributed by atoms with E-state index < -0.39 is 0 Å². The van der Waals surface area contributed by atoms with Crippen LogP contribution in [0.3, 0.4) is 0 Å². The molecule has 0 amide bonds. The molecule has 6 unspecified atom stereocenters. The van der Waals surface area contributed by atoms with Crippen molar-refractivity contribution in [2.45, 2.75) is 78.3 Å². The third kappa shape index (κ3) is 3.05. The SMILES string of the molecule is CCC1CCC(NC2CC(C)CCC2C)C1C. The van der Waals surface area contributed by atoms with E-state index in [2.05, 4.69) is 33.0 Å². The van der Waals surface area contributed by atoms with Crippen LogP contribution in [0.5, 0.6) is 0 Å². The van der Waals surface area contributed by atoms with Gasteiger partial charge >= 0.3 is 0 Å². The van der Waals surface area contributed by atoms with Crippen LogP contribution >= 0.6 is 0 Å². The Balaban J connectivity index is 1.88. The maximum absolute atomic E-state index is 4.01. The quantitative estimate of drug-likeness (QED) is 0.774. The second-order valence-corrected chi connectivity index (χ2v) is 6.88. The van der Waals surface area contributed by atoms with E-state index in [9.17, 15) is 0 Å². The zero-order valence-electron chi connectivity index (χ0n) is 12.2. The summed E-state index contributed by atoms with van der Waals surface area (Å²) in [5.41, 5.74) is 0. The van der Waals surface area contributed by atoms with Crippen LogP contribution in [0.4, 0.5) is 0 Å². The van der Waals surface area contributed by atoms with Crippen LogP contribution in [-0.4, -0.2) is 12.1 Å². The molecule has 2 saturated carbocycles. The molecule has 17 heavy (non-hydrogen) atoms. The van der Waals surface area contributed by atoms with Crippen LogP contribution in [0.15, 0.2) is 0 Å². The molecule has 2 aliphatic rings. The van der Waals surface area contributed by atoms with Crippen molar-refractivity contribution in [3.05, 3.63) is 0 Å². The summed E-state index contributed by atoms with van der Waals surface area (Å²) in [7, 11) is 0. The Morgan fingerprint density at radius 2 is 1.71 bits per heavy atom. The van der Waals surface area contributed by atoms with Gasteiger partial charge in [0.15, 0.2) is 0 Å². The maximum atomic E-state index is 4.01. The summed E-state index contributed by atoms with van der Waals surface area (Å²) in [6.07, 6.45) is 8.51. The molecule has 0 saturated heterocycles. The Hall–Kier alpha value is -0.0400. The van der Waals surface area contributed by atoms with E-state index in [1.54, 1.807) is 0 Å². The van der Waals surface area contributed by atoms with Crippen molar-refractivity contribution in [2.24, 2.45) is 23.7 Å². The number of nitrogens with one attached hydrogen (secondary N) is 1. The first kappa shape index (κ1) is 13.4. The molecule has 2 aliphatic carbocycles. The third-order valence-corrected chi connectivity index (χ3v) is 5.64. The highest BCUT2D eigenvalue weighted by molar-refractivity contribution is 4.91. The van der Waals surface area contributed by atoms with Crippen molar-refractivity contribution in [2.75, 3.05) is 0 Å². The molecule has 0 aromatic rings. The fourth-order valence-electron chi connectivity index (χ4n) is 4.10. The molecule has 0 aliphatic heterocycles. The highest BCUT2D eigenvalue weighted by Crippen LogP contribution is 2.36. The molecule has 2 fully saturated rings. The van der Waals surface area contributed by atoms with Crippen LogP contribution in [0, 0.1) is 23.7 Å². The largest absolute Gasteiger partial charge is 0.311 e. The van der Waals surface area contributed by atoms with Gasteiger partial charge in [0.1, 0.15) is 0 Å². The first-order chi connectivity index (χ1) is 8.11. The van der Waals surface area contributed by atoms with Gasteiger partial charge in [-0.3, -0.25) is 0 Å². The van der Waals surface area contributed by atoms with Crippen molar-refractivity contribution in [1.29, 1.82) is 0 Å². The van der Waals surface area contributed by atoms with Gasteiger partial charge in [0.05, 0.1) is 0 Å². The summed E-state index contributed by atoms with van der Waals surface area (Å²) < 4.78 is 0. The molecule has 1 nitrogen and oxygen atoms in total. The first-order valence-electron chi connectivity index (χ1n) is 7.87. The minimum absolute atomic E-state index is 0.793. The van der Waals surface area contributed by atoms with Crippen LogP contribution in [0.1, 0.15) is 66.2 Å². The van der Waals surface area contributed by atoms with Crippen LogP contribution < -0.4 is 5.32 Å². The number of hydrogen-bond donors (Lipinski definition) is 1. The molecule has 0 heterocycles. The molecule has 6 atom stereocenters. The van der Waals surface area contributed by atoms with Gasteiger partial charge < -0.3 is 5.32 Å². The van der Waals surface area contributed by atoms with Crippen LogP contribution in [0.25, 0.3) is 0 Å². The summed E-state index contributed by atoms with van der Waals surface area (Å²) in [5.74, 6) is 3.69. The molecule has 1 heteroatoms. The lowest BCUT2D eigenvalue weighted by atomic mass is 9.79. The van der Waals surface area contributed by atoms with E-state index >= 15 is 0 Å². The lowest BCUT2D eigenvalue weighted by Gasteiger charge is -2.36. The van der Waals surface area contributed by atoms with Gasteiger partial charge in [0.2, 0.25) is 0 Å². The van der Waals surface area contributed by atoms with Gasteiger partial charge in [-0.05, 0) is 49.4 Å². The number of hydrogen-bond acceptors (Lipinski definition) is 1. The zero-order valence-corrected chi connectivity index (χ0v) is 12.2. The lowest BCUT2D eigenvalue weighted by molar-refractivity contribution is 0.197. The Morgan fingerprint density at radius 1 is 0.941 bits per heavy atom. The lowest BCUT2D eigenvalue weighted by Crippen LogP contribution is -2.46. The molecular weight excluding hydrogens is 206 g/mol. The fourth-order valence-corrected chi connectivity index (χ4v) is 4.10. The molecule has 100 valence electrons. The van der Waals surface area contributed by atoms with Gasteiger partial charge in [-0.2, -0.15) is 0 Å². The van der Waals surface area contributed by atoms with E-state index in [0.717, 1.165) is 35.8 Å². The van der Waals surface area contributed by atoms with Gasteiger partial charge in [-0.15, -0.1) is 0 Å². The molecular formula is C16H31N. The topological polar surface area (TPSA) is 12.0 Å². The summed E-state index contributed by atoms with van der Waals surface area (Å²) in [5, 5.41) is 4.01. The molecule has 0 aromatic carbocycles. The normalized spacial score (nSPS) is 47.3. The average molecular weight is 237 g/mol. The molecule has 0 radical (unpaired) electrons. The smallest absolute Gasteiger partial charge is 0.00981 e. The number of rotatable bonds is 3. The van der Waals surface area contributed by atoms with Gasteiger partial charge in [-0.25, -0.2) is 0 Å². The highest BCUT2D eigenvalue weighted by atomic mass is 15.0. The maximum Gasteiger partial charge on any atom is 0.00981 e. The van der Waals surface area contributed by atoms with Crippen molar-refractivity contribution in [3.63, 3.8) is 0 Å².